The molecule has 3 nitrogen and oxygen atoms in total. The van der Waals surface area contributed by atoms with E-state index < -0.39 is 5.79 Å². The van der Waals surface area contributed by atoms with Crippen molar-refractivity contribution in [2.45, 2.75) is 12.7 Å². The minimum absolute atomic E-state index is 0.146. The van der Waals surface area contributed by atoms with E-state index in [1.807, 2.05) is 0 Å². The molecule has 0 rings (SSSR count). The highest BCUT2D eigenvalue weighted by molar-refractivity contribution is 5.37. The van der Waals surface area contributed by atoms with Gasteiger partial charge < -0.3 is 9.84 Å². The van der Waals surface area contributed by atoms with Gasteiger partial charge in [0.1, 0.15) is 0 Å². The normalized spacial score (nSPS) is 10.7. The van der Waals surface area contributed by atoms with Crippen LogP contribution in [0.1, 0.15) is 6.92 Å². The lowest BCUT2D eigenvalue weighted by Gasteiger charge is -2.12. The molecule has 0 aromatic carbocycles. The zero-order chi connectivity index (χ0) is 5.91. The molecule has 1 atom stereocenters. The summed E-state index contributed by atoms with van der Waals surface area (Å²) in [6.45, 7) is 4.47. The van der Waals surface area contributed by atoms with E-state index in [0.29, 0.717) is 0 Å². The summed E-state index contributed by atoms with van der Waals surface area (Å²) in [5.41, 5.74) is 0. The van der Waals surface area contributed by atoms with E-state index in [1.54, 1.807) is 0 Å². The number of ether oxygens (including phenoxy) is 1. The Bertz CT molecular complexity index is 61.8. The van der Waals surface area contributed by atoms with Crippen molar-refractivity contribution >= 4 is 6.47 Å². The molecular weight excluding hydrogens is 96.0 g/mol. The molecule has 0 fully saturated rings. The van der Waals surface area contributed by atoms with Gasteiger partial charge in [-0.15, -0.1) is 0 Å². The molecule has 41 valence electrons. The predicted octanol–water partition coefficient (Wildman–Crippen LogP) is -0.298. The van der Waals surface area contributed by atoms with Crippen LogP contribution in [-0.2, 0) is 9.53 Å². The number of hydrogen-bond acceptors (Lipinski definition) is 3. The van der Waals surface area contributed by atoms with Crippen molar-refractivity contribution in [1.82, 2.24) is 0 Å². The van der Waals surface area contributed by atoms with Gasteiger partial charge in [-0.3, -0.25) is 4.79 Å². The molecule has 0 aliphatic heterocycles. The van der Waals surface area contributed by atoms with Crippen LogP contribution >= 0.6 is 0 Å². The van der Waals surface area contributed by atoms with Crippen LogP contribution < -0.4 is 0 Å². The second-order valence-electron chi connectivity index (χ2n) is 1.39. The van der Waals surface area contributed by atoms with E-state index in [2.05, 4.69) is 11.7 Å². The van der Waals surface area contributed by atoms with Crippen LogP contribution in [0, 0.1) is 6.92 Å². The standard InChI is InChI=1S/C4H7O3/c1-4(2,6)7-3-5/h3,6H,1H2,2H3. The zero-order valence-electron chi connectivity index (χ0n) is 4.05. The number of carbonyl (C=O) groups excluding carboxylic acids is 1. The van der Waals surface area contributed by atoms with Crippen LogP contribution in [0.4, 0.5) is 0 Å². The Hall–Kier alpha value is -0.570. The predicted molar refractivity (Wildman–Crippen MR) is 23.1 cm³/mol. The Labute approximate surface area is 41.9 Å². The molecule has 0 aromatic heterocycles. The highest BCUT2D eigenvalue weighted by Gasteiger charge is 2.10. The smallest absolute Gasteiger partial charge is 0.295 e. The second-order valence-corrected chi connectivity index (χ2v) is 1.39. The Balaban J connectivity index is 3.34. The average molecular weight is 103 g/mol. The topological polar surface area (TPSA) is 46.5 Å². The summed E-state index contributed by atoms with van der Waals surface area (Å²) in [5.74, 6) is -1.57. The minimum atomic E-state index is -1.57. The summed E-state index contributed by atoms with van der Waals surface area (Å²) in [6, 6.07) is 0. The molecule has 0 saturated heterocycles. The largest absolute Gasteiger partial charge is 0.436 e. The van der Waals surface area contributed by atoms with E-state index in [1.165, 1.54) is 6.92 Å². The van der Waals surface area contributed by atoms with Crippen LogP contribution in [0.2, 0.25) is 0 Å². The molecule has 0 amide bonds. The van der Waals surface area contributed by atoms with E-state index in [0.717, 1.165) is 0 Å². The summed E-state index contributed by atoms with van der Waals surface area (Å²) in [4.78, 5) is 9.40. The molecule has 1 unspecified atom stereocenters. The van der Waals surface area contributed by atoms with Crippen molar-refractivity contribution in [3.63, 3.8) is 0 Å². The second kappa shape index (κ2) is 1.93. The first-order valence-corrected chi connectivity index (χ1v) is 1.75. The van der Waals surface area contributed by atoms with Gasteiger partial charge in [0.05, 0.1) is 0 Å². The van der Waals surface area contributed by atoms with Gasteiger partial charge in [0.25, 0.3) is 6.47 Å². The highest BCUT2D eigenvalue weighted by atomic mass is 16.6. The van der Waals surface area contributed by atoms with Crippen molar-refractivity contribution in [2.75, 3.05) is 0 Å². The fraction of sp³-hybridized carbons (Fsp3) is 0.500. The van der Waals surface area contributed by atoms with Crippen molar-refractivity contribution in [2.24, 2.45) is 0 Å². The van der Waals surface area contributed by atoms with E-state index in [4.69, 9.17) is 5.11 Å². The summed E-state index contributed by atoms with van der Waals surface area (Å²) in [7, 11) is 0. The quantitative estimate of drug-likeness (QED) is 0.385. The SMILES string of the molecule is [CH2]C(C)(O)OC=O. The number of carbonyl (C=O) groups is 1. The molecule has 0 saturated carbocycles. The Kier molecular flexibility index (Phi) is 1.77. The third-order valence-electron chi connectivity index (χ3n) is 0.302. The Morgan fingerprint density at radius 1 is 2.00 bits per heavy atom. The van der Waals surface area contributed by atoms with Gasteiger partial charge >= 0.3 is 0 Å². The summed E-state index contributed by atoms with van der Waals surface area (Å²) in [6.07, 6.45) is 0. The maximum Gasteiger partial charge on any atom is 0.295 e. The van der Waals surface area contributed by atoms with Crippen molar-refractivity contribution in [3.05, 3.63) is 6.92 Å². The molecule has 0 spiro atoms. The number of rotatable bonds is 2. The van der Waals surface area contributed by atoms with Gasteiger partial charge in [-0.1, -0.05) is 0 Å². The minimum Gasteiger partial charge on any atom is -0.436 e. The lowest BCUT2D eigenvalue weighted by Crippen LogP contribution is -2.22. The monoisotopic (exact) mass is 103 g/mol. The summed E-state index contributed by atoms with van der Waals surface area (Å²) >= 11 is 0. The summed E-state index contributed by atoms with van der Waals surface area (Å²) < 4.78 is 3.99. The molecule has 3 heteroatoms. The molecule has 1 radical (unpaired) electrons. The first-order valence-electron chi connectivity index (χ1n) is 1.75. The molecule has 0 bridgehead atoms. The molecular formula is C4H7O3. The van der Waals surface area contributed by atoms with Crippen molar-refractivity contribution in [1.29, 1.82) is 0 Å². The van der Waals surface area contributed by atoms with Gasteiger partial charge in [0.2, 0.25) is 5.79 Å². The third kappa shape index (κ3) is 5.43. The van der Waals surface area contributed by atoms with Gasteiger partial charge in [-0.05, 0) is 0 Å². The molecule has 0 aromatic rings. The first-order chi connectivity index (χ1) is 3.06. The first kappa shape index (κ1) is 6.43. The lowest BCUT2D eigenvalue weighted by molar-refractivity contribution is -0.170. The fourth-order valence-corrected chi connectivity index (χ4v) is 0.104. The Morgan fingerprint density at radius 3 is 2.43 bits per heavy atom. The fourth-order valence-electron chi connectivity index (χ4n) is 0.104. The lowest BCUT2D eigenvalue weighted by atomic mass is 10.4. The van der Waals surface area contributed by atoms with Crippen LogP contribution in [0.15, 0.2) is 0 Å². The van der Waals surface area contributed by atoms with E-state index in [-0.39, 0.29) is 6.47 Å². The van der Waals surface area contributed by atoms with Crippen LogP contribution in [-0.4, -0.2) is 17.4 Å². The van der Waals surface area contributed by atoms with E-state index >= 15 is 0 Å². The molecule has 7 heavy (non-hydrogen) atoms. The van der Waals surface area contributed by atoms with Crippen molar-refractivity contribution < 1.29 is 14.6 Å². The molecule has 0 aliphatic rings. The number of aliphatic hydroxyl groups is 1. The van der Waals surface area contributed by atoms with Gasteiger partial charge in [-0.2, -0.15) is 0 Å². The maximum absolute atomic E-state index is 9.40. The molecule has 0 heterocycles. The number of hydrogen-bond donors (Lipinski definition) is 1. The van der Waals surface area contributed by atoms with Crippen LogP contribution in [0.5, 0.6) is 0 Å². The van der Waals surface area contributed by atoms with Gasteiger partial charge in [-0.25, -0.2) is 0 Å². The van der Waals surface area contributed by atoms with Crippen LogP contribution in [0.25, 0.3) is 0 Å². The highest BCUT2D eigenvalue weighted by Crippen LogP contribution is 1.97. The van der Waals surface area contributed by atoms with Gasteiger partial charge in [0, 0.05) is 13.8 Å². The molecule has 0 aliphatic carbocycles. The zero-order valence-corrected chi connectivity index (χ0v) is 4.05. The van der Waals surface area contributed by atoms with Crippen molar-refractivity contribution in [3.8, 4) is 0 Å². The average Bonchev–Trinajstić information content (AvgIpc) is 1.30. The third-order valence-corrected chi connectivity index (χ3v) is 0.302. The Morgan fingerprint density at radius 2 is 2.43 bits per heavy atom. The maximum atomic E-state index is 9.40. The van der Waals surface area contributed by atoms with E-state index in [9.17, 15) is 4.79 Å². The molecule has 1 N–H and O–H groups in total. The van der Waals surface area contributed by atoms with Crippen LogP contribution in [0.3, 0.4) is 0 Å². The van der Waals surface area contributed by atoms with Gasteiger partial charge in [0.15, 0.2) is 0 Å². The summed E-state index contributed by atoms with van der Waals surface area (Å²) in [5, 5.41) is 8.45.